The molecule has 1 aromatic heterocycles. The van der Waals surface area contributed by atoms with Crippen LogP contribution >= 0.6 is 11.6 Å². The van der Waals surface area contributed by atoms with Gasteiger partial charge in [-0.25, -0.2) is 13.2 Å². The van der Waals surface area contributed by atoms with Crippen molar-refractivity contribution >= 4 is 81.7 Å². The van der Waals surface area contributed by atoms with Crippen molar-refractivity contribution in [1.29, 1.82) is 0 Å². The Morgan fingerprint density at radius 2 is 1.48 bits per heavy atom. The Hall–Kier alpha value is -5.44. The highest BCUT2D eigenvalue weighted by Gasteiger charge is 2.36. The van der Waals surface area contributed by atoms with Gasteiger partial charge >= 0.3 is 11.9 Å². The molecule has 0 spiro atoms. The summed E-state index contributed by atoms with van der Waals surface area (Å²) in [4.78, 5) is 52.4. The smallest absolute Gasteiger partial charge is 0.344 e. The first-order valence-electron chi connectivity index (χ1n) is 15.4. The molecule has 5 aromatic rings. The summed E-state index contributed by atoms with van der Waals surface area (Å²) < 4.78 is 103. The Bertz CT molecular complexity index is 2850. The quantitative estimate of drug-likeness (QED) is 0.0833. The van der Waals surface area contributed by atoms with Gasteiger partial charge in [0.2, 0.25) is 0 Å². The predicted molar refractivity (Wildman–Crippen MR) is 192 cm³/mol. The Morgan fingerprint density at radius 3 is 2.13 bits per heavy atom. The molecule has 0 radical (unpaired) electrons. The van der Waals surface area contributed by atoms with E-state index >= 15 is 0 Å². The van der Waals surface area contributed by atoms with Gasteiger partial charge in [0.05, 0.1) is 33.1 Å². The van der Waals surface area contributed by atoms with Crippen molar-refractivity contribution in [3.8, 4) is 11.1 Å². The number of H-pyrrole nitrogens is 1. The number of sulfone groups is 1. The summed E-state index contributed by atoms with van der Waals surface area (Å²) in [5.41, 5.74) is -4.10. The summed E-state index contributed by atoms with van der Waals surface area (Å²) in [5.74, 6) is -3.99. The minimum absolute atomic E-state index is 0.00711. The van der Waals surface area contributed by atoms with Gasteiger partial charge in [-0.1, -0.05) is 48.0 Å². The number of aromatic amines is 1. The molecule has 1 aliphatic carbocycles. The van der Waals surface area contributed by atoms with E-state index in [-0.39, 0.29) is 29.7 Å². The third kappa shape index (κ3) is 7.36. The number of anilines is 2. The van der Waals surface area contributed by atoms with Gasteiger partial charge in [-0.2, -0.15) is 16.8 Å². The van der Waals surface area contributed by atoms with Crippen LogP contribution in [0.2, 0.25) is 5.02 Å². The second-order valence-corrected chi connectivity index (χ2v) is 17.2. The maximum atomic E-state index is 14.3. The third-order valence-electron chi connectivity index (χ3n) is 8.33. The van der Waals surface area contributed by atoms with E-state index in [0.29, 0.717) is 22.7 Å². The van der Waals surface area contributed by atoms with E-state index in [0.717, 1.165) is 12.1 Å². The van der Waals surface area contributed by atoms with Gasteiger partial charge in [-0.3, -0.25) is 23.5 Å². The number of halogens is 1. The maximum Gasteiger partial charge on any atom is 0.344 e. The van der Waals surface area contributed by atoms with Crippen molar-refractivity contribution in [1.82, 2.24) is 4.98 Å². The molecule has 280 valence electrons. The molecule has 6 rings (SSSR count). The summed E-state index contributed by atoms with van der Waals surface area (Å²) >= 11 is 6.03. The van der Waals surface area contributed by atoms with Crippen molar-refractivity contribution < 1.29 is 58.6 Å². The summed E-state index contributed by atoms with van der Waals surface area (Å²) in [6.07, 6.45) is -0.817. The Morgan fingerprint density at radius 1 is 0.796 bits per heavy atom. The van der Waals surface area contributed by atoms with Gasteiger partial charge in [0, 0.05) is 28.0 Å². The maximum absolute atomic E-state index is 14.3. The van der Waals surface area contributed by atoms with E-state index in [1.54, 1.807) is 18.2 Å². The van der Waals surface area contributed by atoms with Gasteiger partial charge in [-0.15, -0.1) is 0 Å². The molecule has 0 fully saturated rings. The number of hydrogen-bond donors (Lipinski definition) is 5. The zero-order valence-electron chi connectivity index (χ0n) is 27.2. The number of pyridine rings is 1. The summed E-state index contributed by atoms with van der Waals surface area (Å²) in [6, 6.07) is 14.9. The number of aliphatic carboxylic acids is 1. The first-order chi connectivity index (χ1) is 25.3. The lowest BCUT2D eigenvalue weighted by Crippen LogP contribution is -2.26. The van der Waals surface area contributed by atoms with Crippen molar-refractivity contribution in [2.24, 2.45) is 0 Å². The standard InChI is InChI=1S/C34H25ClN2O14S3/c35-18-6-3-5-17(13-18)16-51-34(42)30-27-20-7-1-2-8-21(20)32(40)28-23(15-25(54(48,49)50)31(29(27)28)37-33(30)41)36-22-14-19(10-11-24(22)53(45,46)47)52(43,44)12-4-9-26(38)39/h1-3,5-8,10-11,13-15,36H,4,9,12,16H2,(H,37,41)(H,38,39)(H,45,46,47)(H,48,49,50). The van der Waals surface area contributed by atoms with Crippen LogP contribution < -0.4 is 10.9 Å². The average molecular weight is 817 g/mol. The molecule has 0 atom stereocenters. The number of hydrogen-bond acceptors (Lipinski definition) is 12. The number of benzene rings is 4. The molecule has 0 bridgehead atoms. The van der Waals surface area contributed by atoms with Gasteiger partial charge < -0.3 is 20.1 Å². The number of carbonyl (C=O) groups excluding carboxylic acids is 2. The molecule has 54 heavy (non-hydrogen) atoms. The van der Waals surface area contributed by atoms with Crippen LogP contribution in [0.5, 0.6) is 0 Å². The lowest BCUT2D eigenvalue weighted by Gasteiger charge is -2.25. The largest absolute Gasteiger partial charge is 0.481 e. The molecular weight excluding hydrogens is 792 g/mol. The van der Waals surface area contributed by atoms with E-state index in [2.05, 4.69) is 10.3 Å². The van der Waals surface area contributed by atoms with Crippen LogP contribution in [0.3, 0.4) is 0 Å². The summed E-state index contributed by atoms with van der Waals surface area (Å²) in [7, 11) is -14.8. The Labute approximate surface area is 310 Å². The van der Waals surface area contributed by atoms with Crippen LogP contribution in [0.1, 0.15) is 44.7 Å². The SMILES string of the molecule is O=C(O)CCCS(=O)(=O)c1ccc(S(=O)(=O)O)c(Nc2cc(S(=O)(=O)O)c3[nH]c(=O)c(C(=O)OCc4cccc(Cl)c4)c4c3c2C(=O)c2ccccc2-4)c1. The van der Waals surface area contributed by atoms with E-state index in [9.17, 15) is 53.5 Å². The zero-order chi connectivity index (χ0) is 39.3. The van der Waals surface area contributed by atoms with Gasteiger partial charge in [0.1, 0.15) is 22.0 Å². The van der Waals surface area contributed by atoms with Crippen LogP contribution in [-0.4, -0.2) is 67.9 Å². The molecular formula is C34H25ClN2O14S3. The third-order valence-corrected chi connectivity index (χ3v) is 12.1. The number of esters is 1. The fourth-order valence-electron chi connectivity index (χ4n) is 6.03. The van der Waals surface area contributed by atoms with E-state index in [1.807, 2.05) is 0 Å². The molecule has 1 heterocycles. The first kappa shape index (κ1) is 38.3. The number of aromatic nitrogens is 1. The highest BCUT2D eigenvalue weighted by atomic mass is 35.5. The van der Waals surface area contributed by atoms with Crippen molar-refractivity contribution in [3.63, 3.8) is 0 Å². The monoisotopic (exact) mass is 816 g/mol. The molecule has 0 amide bonds. The van der Waals surface area contributed by atoms with Gasteiger partial charge in [0.15, 0.2) is 15.6 Å². The minimum atomic E-state index is -5.31. The molecule has 0 saturated heterocycles. The molecule has 16 nitrogen and oxygen atoms in total. The normalized spacial score (nSPS) is 12.7. The molecule has 0 saturated carbocycles. The number of ketones is 1. The Kier molecular flexibility index (Phi) is 9.99. The molecule has 20 heteroatoms. The van der Waals surface area contributed by atoms with Crippen LogP contribution in [0.25, 0.3) is 22.0 Å². The van der Waals surface area contributed by atoms with E-state index in [1.165, 1.54) is 30.3 Å². The predicted octanol–water partition coefficient (Wildman–Crippen LogP) is 4.63. The molecule has 4 aromatic carbocycles. The van der Waals surface area contributed by atoms with Crippen molar-refractivity contribution in [2.45, 2.75) is 34.1 Å². The second-order valence-electron chi connectivity index (χ2n) is 11.9. The van der Waals surface area contributed by atoms with Crippen LogP contribution in [0.15, 0.2) is 92.3 Å². The number of nitrogens with one attached hydrogen (secondary N) is 2. The first-order valence-corrected chi connectivity index (χ1v) is 20.3. The average Bonchev–Trinajstić information content (AvgIpc) is 3.08. The van der Waals surface area contributed by atoms with E-state index < -0.39 is 114 Å². The summed E-state index contributed by atoms with van der Waals surface area (Å²) in [6.45, 7) is -0.366. The highest BCUT2D eigenvalue weighted by molar-refractivity contribution is 7.91. The van der Waals surface area contributed by atoms with E-state index in [4.69, 9.17) is 21.4 Å². The Balaban J connectivity index is 1.63. The molecule has 5 N–H and O–H groups in total. The summed E-state index contributed by atoms with van der Waals surface area (Å²) in [5, 5.41) is 11.4. The lowest BCUT2D eigenvalue weighted by atomic mass is 9.81. The fourth-order valence-corrected chi connectivity index (χ4v) is 8.88. The van der Waals surface area contributed by atoms with Crippen LogP contribution in [-0.2, 0) is 46.2 Å². The number of carbonyl (C=O) groups is 3. The lowest BCUT2D eigenvalue weighted by molar-refractivity contribution is -0.137. The number of fused-ring (bicyclic) bond motifs is 2. The number of rotatable bonds is 12. The highest BCUT2D eigenvalue weighted by Crippen LogP contribution is 2.46. The zero-order valence-corrected chi connectivity index (χ0v) is 30.4. The second kappa shape index (κ2) is 14.1. The number of carboxylic acids is 1. The number of carboxylic acid groups (broad SMARTS) is 1. The fraction of sp³-hybridized carbons (Fsp3) is 0.118. The minimum Gasteiger partial charge on any atom is -0.481 e. The van der Waals surface area contributed by atoms with Crippen LogP contribution in [0.4, 0.5) is 11.4 Å². The van der Waals surface area contributed by atoms with Crippen LogP contribution in [0, 0.1) is 0 Å². The topological polar surface area (TPSA) is 268 Å². The number of ether oxygens (including phenoxy) is 1. The van der Waals surface area contributed by atoms with Crippen molar-refractivity contribution in [2.75, 3.05) is 11.1 Å². The molecule has 0 unspecified atom stereocenters. The van der Waals surface area contributed by atoms with Gasteiger partial charge in [-0.05, 0) is 53.9 Å². The van der Waals surface area contributed by atoms with Crippen molar-refractivity contribution in [3.05, 3.63) is 110 Å². The molecule has 1 aliphatic rings. The van der Waals surface area contributed by atoms with Gasteiger partial charge in [0.25, 0.3) is 25.8 Å². The molecule has 0 aliphatic heterocycles.